The van der Waals surface area contributed by atoms with Gasteiger partial charge >= 0.3 is 0 Å². The average Bonchev–Trinajstić information content (AvgIpc) is 4.19. The van der Waals surface area contributed by atoms with Gasteiger partial charge in [0.05, 0.1) is 0 Å². The molecule has 1 heterocycles. The molecule has 3 aromatic rings. The average molecular weight is 850 g/mol. The monoisotopic (exact) mass is 849 g/mol. The fourth-order valence-electron chi connectivity index (χ4n) is 25.6. The molecular weight excluding hydrogens is 791 g/mol. The predicted octanol–water partition coefficient (Wildman–Crippen LogP) is 11.5. The van der Waals surface area contributed by atoms with Gasteiger partial charge in [-0.2, -0.15) is 0 Å². The lowest BCUT2D eigenvalue weighted by atomic mass is 9.41. The van der Waals surface area contributed by atoms with Crippen LogP contribution in [-0.4, -0.2) is 18.5 Å². The van der Waals surface area contributed by atoms with Gasteiger partial charge in [-0.05, 0) is 203 Å². The molecule has 3 aromatic carbocycles. The first-order chi connectivity index (χ1) is 32.1. The topological polar surface area (TPSA) is 21.7 Å². The first-order valence-electron chi connectivity index (χ1n) is 26.9. The summed E-state index contributed by atoms with van der Waals surface area (Å²) >= 11 is 0. The minimum Gasteiger partial charge on any atom is -0.485 e. The van der Waals surface area contributed by atoms with E-state index in [9.17, 15) is 0 Å². The van der Waals surface area contributed by atoms with Crippen LogP contribution >= 0.6 is 0 Å². The number of ether oxygens (including phenoxy) is 2. The summed E-state index contributed by atoms with van der Waals surface area (Å²) in [5.41, 5.74) is 18.3. The van der Waals surface area contributed by atoms with Crippen LogP contribution in [0.5, 0.6) is 11.5 Å². The Kier molecular flexibility index (Phi) is 5.68. The highest BCUT2D eigenvalue weighted by Crippen LogP contribution is 2.92. The first kappa shape index (κ1) is 34.2. The van der Waals surface area contributed by atoms with E-state index < -0.39 is 0 Å². The van der Waals surface area contributed by atoms with Crippen molar-refractivity contribution < 1.29 is 9.47 Å². The lowest BCUT2D eigenvalue weighted by Gasteiger charge is -2.62. The normalized spacial score (nSPS) is 54.1. The van der Waals surface area contributed by atoms with Crippen molar-refractivity contribution in [1.82, 2.24) is 4.90 Å². The number of fused-ring (bicyclic) bond motifs is 1. The molecule has 11 fully saturated rings. The Balaban J connectivity index is 0.806. The van der Waals surface area contributed by atoms with Gasteiger partial charge < -0.3 is 9.47 Å². The molecule has 324 valence electrons. The van der Waals surface area contributed by atoms with Gasteiger partial charge in [0.2, 0.25) is 0 Å². The van der Waals surface area contributed by atoms with E-state index in [1.807, 2.05) is 22.3 Å². The zero-order chi connectivity index (χ0) is 41.2. The van der Waals surface area contributed by atoms with Crippen LogP contribution in [-0.2, 0) is 13.2 Å². The van der Waals surface area contributed by atoms with Crippen LogP contribution in [0.4, 0.5) is 0 Å². The van der Waals surface area contributed by atoms with Crippen molar-refractivity contribution in [2.75, 3.05) is 13.6 Å². The van der Waals surface area contributed by atoms with Crippen LogP contribution in [0.1, 0.15) is 54.8 Å². The van der Waals surface area contributed by atoms with Crippen molar-refractivity contribution in [3.8, 4) is 11.5 Å². The molecule has 0 amide bonds. The van der Waals surface area contributed by atoms with Gasteiger partial charge in [0.25, 0.3) is 0 Å². The molecule has 16 aliphatic carbocycles. The summed E-state index contributed by atoms with van der Waals surface area (Å²) < 4.78 is 13.7. The van der Waals surface area contributed by atoms with Crippen LogP contribution in [0.2, 0.25) is 0 Å². The van der Waals surface area contributed by atoms with Gasteiger partial charge in [0.1, 0.15) is 13.2 Å². The predicted molar refractivity (Wildman–Crippen MR) is 247 cm³/mol. The smallest absolute Gasteiger partial charge is 0.162 e. The van der Waals surface area contributed by atoms with Gasteiger partial charge in [-0.15, -0.1) is 0 Å². The summed E-state index contributed by atoms with van der Waals surface area (Å²) in [5.74, 6) is 23.1. The standard InChI is InChI=1S/C62H59NO2/c1-63-23-37-36-20-34-18-31-16-32-15-29-14-30-17-33-19-35-22-62(37,61(63)28-12-13-38(64-24-26-8-4-2-5-9-26)39(21-28)65-25-27-10-6-3-7-11-27)60-46(35)51-45(33)50-41(30)40(29)48-44(32)49-42(31)43(34)52-47(36)59(60)58-56(51)54(50)53(48)55(49)57(52)58/h2-15,17,21,31,33,35,37,40-42,44-46,48-61H,16,18-20,22-25H2,1H3. The second-order valence-electron chi connectivity index (χ2n) is 26.1. The lowest BCUT2D eigenvalue weighted by molar-refractivity contribution is -0.144. The molecule has 3 heteroatoms. The number of benzene rings is 3. The maximum Gasteiger partial charge on any atom is 0.162 e. The van der Waals surface area contributed by atoms with Gasteiger partial charge in [0, 0.05) is 29.8 Å². The fraction of sp³-hybridized carbons (Fsp3) is 0.548. The molecule has 0 bridgehead atoms. The first-order valence-corrected chi connectivity index (χ1v) is 26.9. The van der Waals surface area contributed by atoms with E-state index in [1.54, 1.807) is 0 Å². The van der Waals surface area contributed by atoms with E-state index in [-0.39, 0.29) is 0 Å². The zero-order valence-electron chi connectivity index (χ0n) is 37.5. The van der Waals surface area contributed by atoms with E-state index in [0.717, 1.165) is 142 Å². The number of hydrogen-bond donors (Lipinski definition) is 0. The SMILES string of the molecule is CN1CC2C3=C4C5C6=C(C3)CC3CC7=CC8=CC9=CC%10CC%11CC2(C2C4C4C5C5C(C63)C7C3C8C9C6C%10C(C4C6C35)C%112)C1c1ccc(OCc2ccccc2)c(OCc2ccccc2)c1. The molecule has 65 heavy (non-hydrogen) atoms. The van der Waals surface area contributed by atoms with Gasteiger partial charge in [-0.1, -0.05) is 113 Å². The van der Waals surface area contributed by atoms with Crippen molar-refractivity contribution in [2.45, 2.75) is 51.4 Å². The van der Waals surface area contributed by atoms with E-state index in [0.29, 0.717) is 30.6 Å². The minimum atomic E-state index is 0.292. The summed E-state index contributed by atoms with van der Waals surface area (Å²) in [6.07, 6.45) is 16.0. The zero-order valence-corrected chi connectivity index (χ0v) is 37.5. The Hall–Kier alpha value is -4.08. The molecule has 10 saturated carbocycles. The third-order valence-corrected chi connectivity index (χ3v) is 25.3. The lowest BCUT2D eigenvalue weighted by Crippen LogP contribution is -2.59. The largest absolute Gasteiger partial charge is 0.485 e. The maximum absolute atomic E-state index is 6.95. The minimum absolute atomic E-state index is 0.292. The van der Waals surface area contributed by atoms with Crippen molar-refractivity contribution >= 4 is 0 Å². The molecule has 20 rings (SSSR count). The third kappa shape index (κ3) is 3.43. The molecule has 1 spiro atoms. The quantitative estimate of drug-likeness (QED) is 0.221. The summed E-state index contributed by atoms with van der Waals surface area (Å²) in [6.45, 7) is 2.35. The Morgan fingerprint density at radius 2 is 1.34 bits per heavy atom. The van der Waals surface area contributed by atoms with E-state index in [4.69, 9.17) is 9.47 Å². The summed E-state index contributed by atoms with van der Waals surface area (Å²) in [7, 11) is 2.56. The van der Waals surface area contributed by atoms with Gasteiger partial charge in [-0.25, -0.2) is 0 Å². The second-order valence-corrected chi connectivity index (χ2v) is 26.1. The van der Waals surface area contributed by atoms with Crippen molar-refractivity contribution in [2.24, 2.45) is 142 Å². The Bertz CT molecular complexity index is 2960. The highest BCUT2D eigenvalue weighted by atomic mass is 16.5. The Labute approximate surface area is 383 Å². The molecule has 17 aliphatic rings. The molecular formula is C62H59NO2. The molecule has 1 aliphatic heterocycles. The number of rotatable bonds is 7. The van der Waals surface area contributed by atoms with Crippen molar-refractivity contribution in [1.29, 1.82) is 0 Å². The molecule has 25 atom stereocenters. The molecule has 3 nitrogen and oxygen atoms in total. The number of allylic oxidation sites excluding steroid dienone is 9. The van der Waals surface area contributed by atoms with E-state index in [1.165, 1.54) is 55.3 Å². The molecule has 0 N–H and O–H groups in total. The van der Waals surface area contributed by atoms with Gasteiger partial charge in [0.15, 0.2) is 11.5 Å². The summed E-state index contributed by atoms with van der Waals surface area (Å²) in [4.78, 5) is 2.93. The number of hydrogen-bond acceptors (Lipinski definition) is 3. The summed E-state index contributed by atoms with van der Waals surface area (Å²) in [5, 5.41) is 0. The van der Waals surface area contributed by atoms with Crippen LogP contribution in [0.3, 0.4) is 0 Å². The summed E-state index contributed by atoms with van der Waals surface area (Å²) in [6, 6.07) is 29.2. The van der Waals surface area contributed by atoms with Gasteiger partial charge in [-0.3, -0.25) is 4.90 Å². The van der Waals surface area contributed by atoms with E-state index >= 15 is 0 Å². The highest BCUT2D eigenvalue weighted by molar-refractivity contribution is 5.60. The van der Waals surface area contributed by atoms with Crippen LogP contribution in [0.25, 0.3) is 0 Å². The van der Waals surface area contributed by atoms with E-state index in [2.05, 4.69) is 126 Å². The molecule has 1 saturated heterocycles. The highest BCUT2D eigenvalue weighted by Gasteiger charge is 2.87. The van der Waals surface area contributed by atoms with Crippen LogP contribution in [0.15, 0.2) is 136 Å². The third-order valence-electron chi connectivity index (χ3n) is 25.3. The maximum atomic E-state index is 6.95. The van der Waals surface area contributed by atoms with Crippen LogP contribution < -0.4 is 9.47 Å². The molecule has 0 aromatic heterocycles. The second kappa shape index (κ2) is 10.8. The number of nitrogens with zero attached hydrogens (tertiary/aromatic N) is 1. The van der Waals surface area contributed by atoms with Crippen molar-refractivity contribution in [3.05, 3.63) is 153 Å². The Morgan fingerprint density at radius 1 is 0.615 bits per heavy atom. The molecule has 0 radical (unpaired) electrons. The fourth-order valence-corrected chi connectivity index (χ4v) is 25.6. The number of likely N-dealkylation sites (tertiary alicyclic amines) is 1. The van der Waals surface area contributed by atoms with Crippen molar-refractivity contribution in [3.63, 3.8) is 0 Å². The van der Waals surface area contributed by atoms with Crippen LogP contribution in [0, 0.1) is 142 Å². The molecule has 25 unspecified atom stereocenters. The Morgan fingerprint density at radius 3 is 2.17 bits per heavy atom.